The fourth-order valence-electron chi connectivity index (χ4n) is 4.10. The fraction of sp³-hybridized carbons (Fsp3) is 0.583. The number of aromatic nitrogens is 2. The number of H-pyrrole nitrogens is 1. The first-order valence-electron chi connectivity index (χ1n) is 12.7. The van der Waals surface area contributed by atoms with Crippen molar-refractivity contribution in [1.82, 2.24) is 9.55 Å². The fourth-order valence-corrected chi connectivity index (χ4v) is 5.35. The van der Waals surface area contributed by atoms with E-state index in [1.165, 1.54) is 6.07 Å². The first-order valence-corrected chi connectivity index (χ1v) is 13.5. The molecule has 1 aromatic carbocycles. The quantitative estimate of drug-likeness (QED) is 0.359. The molecule has 0 saturated carbocycles. The van der Waals surface area contributed by atoms with Crippen molar-refractivity contribution >= 4 is 20.0 Å². The predicted molar refractivity (Wildman–Crippen MR) is 135 cm³/mol. The molecule has 0 spiro atoms. The molecular weight excluding hydrogens is 545 g/mol. The summed E-state index contributed by atoms with van der Waals surface area (Å²) in [4.78, 5) is 14.5. The van der Waals surface area contributed by atoms with Crippen LogP contribution < -0.4 is 10.2 Å². The number of phosphoric acid groups is 1. The smallest absolute Gasteiger partial charge is 0.403 e. The van der Waals surface area contributed by atoms with Gasteiger partial charge in [0.25, 0.3) is 5.85 Å². The van der Waals surface area contributed by atoms with E-state index in [1.54, 1.807) is 26.8 Å². The number of nitrogens with zero attached hydrogens (tertiary/aromatic N) is 1. The molecule has 2 aromatic rings. The van der Waals surface area contributed by atoms with E-state index in [4.69, 9.17) is 33.3 Å². The van der Waals surface area contributed by atoms with Gasteiger partial charge in [-0.25, -0.2) is 18.1 Å². The van der Waals surface area contributed by atoms with Crippen LogP contribution in [0.15, 0.2) is 23.1 Å². The van der Waals surface area contributed by atoms with Crippen LogP contribution in [0.3, 0.4) is 0 Å². The molecule has 1 saturated heterocycles. The summed E-state index contributed by atoms with van der Waals surface area (Å²) in [5, 5.41) is 20.9. The van der Waals surface area contributed by atoms with Crippen molar-refractivity contribution < 1.29 is 44.6 Å². The summed E-state index contributed by atoms with van der Waals surface area (Å²) in [5.41, 5.74) is -1.54. The van der Waals surface area contributed by atoms with E-state index in [-0.39, 0.29) is 16.0 Å². The Morgan fingerprint density at radius 1 is 1.29 bits per heavy atom. The molecule has 4 rings (SSSR count). The molecule has 0 aliphatic carbocycles. The van der Waals surface area contributed by atoms with E-state index in [2.05, 4.69) is 4.98 Å². The Morgan fingerprint density at radius 3 is 2.50 bits per heavy atom. The van der Waals surface area contributed by atoms with Crippen LogP contribution in [0.25, 0.3) is 0 Å². The van der Waals surface area contributed by atoms with Crippen LogP contribution in [0.5, 0.6) is 5.75 Å². The number of benzene rings is 1. The zero-order valence-corrected chi connectivity index (χ0v) is 23.3. The SMILES string of the molecule is [2H]C([2H])(OP1(=O)OCc2c(F)c(C(C)(C)C)cc(C(C)(C)C)c2O1)[C@@]1(F)O[C@@H](n2ccc(=S)[nH]c2=O)[C@H](O)[C@@H]1O. The summed E-state index contributed by atoms with van der Waals surface area (Å²) in [6.07, 6.45) is -5.67. The number of nitrogens with one attached hydrogen (secondary N) is 1. The second-order valence-electron chi connectivity index (χ2n) is 11.2. The Labute approximate surface area is 225 Å². The highest BCUT2D eigenvalue weighted by Crippen LogP contribution is 2.58. The van der Waals surface area contributed by atoms with Gasteiger partial charge in [0.2, 0.25) is 0 Å². The van der Waals surface area contributed by atoms with Crippen molar-refractivity contribution in [2.45, 2.75) is 83.3 Å². The molecule has 0 bridgehead atoms. The van der Waals surface area contributed by atoms with E-state index in [0.717, 1.165) is 6.20 Å². The van der Waals surface area contributed by atoms with Gasteiger partial charge in [-0.15, -0.1) is 0 Å². The highest BCUT2D eigenvalue weighted by atomic mass is 32.1. The van der Waals surface area contributed by atoms with E-state index < -0.39 is 67.6 Å². The second kappa shape index (κ2) is 9.58. The third-order valence-corrected chi connectivity index (χ3v) is 7.61. The first kappa shape index (κ1) is 26.2. The molecule has 1 unspecified atom stereocenters. The van der Waals surface area contributed by atoms with Gasteiger partial charge in [-0.05, 0) is 28.5 Å². The second-order valence-corrected chi connectivity index (χ2v) is 13.2. The normalized spacial score (nSPS) is 30.8. The Morgan fingerprint density at radius 2 is 1.92 bits per heavy atom. The number of hydrogen-bond acceptors (Lipinski definition) is 9. The number of fused-ring (bicyclic) bond motifs is 1. The number of ether oxygens (including phenoxy) is 1. The highest BCUT2D eigenvalue weighted by Gasteiger charge is 2.58. The predicted octanol–water partition coefficient (Wildman–Crippen LogP) is 4.29. The summed E-state index contributed by atoms with van der Waals surface area (Å²) >= 11 is 4.83. The van der Waals surface area contributed by atoms with Crippen LogP contribution in [-0.4, -0.2) is 44.4 Å². The summed E-state index contributed by atoms with van der Waals surface area (Å²) in [7, 11) is -5.03. The van der Waals surface area contributed by atoms with Crippen molar-refractivity contribution in [2.24, 2.45) is 0 Å². The number of hydrogen-bond donors (Lipinski definition) is 3. The van der Waals surface area contributed by atoms with Crippen molar-refractivity contribution in [3.8, 4) is 5.75 Å². The number of rotatable bonds is 4. The Bertz CT molecular complexity index is 1510. The monoisotopic (exact) mass is 578 g/mol. The summed E-state index contributed by atoms with van der Waals surface area (Å²) in [6.45, 7) is 6.39. The molecule has 210 valence electrons. The van der Waals surface area contributed by atoms with Crippen molar-refractivity contribution in [3.63, 3.8) is 0 Å². The van der Waals surface area contributed by atoms with Crippen molar-refractivity contribution in [3.05, 3.63) is 56.0 Å². The lowest BCUT2D eigenvalue weighted by molar-refractivity contribution is -0.205. The number of alkyl halides is 1. The lowest BCUT2D eigenvalue weighted by Gasteiger charge is -2.34. The Hall–Kier alpha value is -1.99. The van der Waals surface area contributed by atoms with Crippen molar-refractivity contribution in [1.29, 1.82) is 0 Å². The number of phosphoric ester groups is 1. The van der Waals surface area contributed by atoms with Gasteiger partial charge in [0.05, 0.1) is 14.9 Å². The van der Waals surface area contributed by atoms with Gasteiger partial charge in [0.15, 0.2) is 6.23 Å². The number of halogens is 2. The number of aliphatic hydroxyl groups excluding tert-OH is 2. The highest BCUT2D eigenvalue weighted by molar-refractivity contribution is 7.71. The van der Waals surface area contributed by atoms with Crippen LogP contribution >= 0.6 is 20.0 Å². The third kappa shape index (κ3) is 5.25. The van der Waals surface area contributed by atoms with E-state index in [1.807, 2.05) is 20.8 Å². The van der Waals surface area contributed by atoms with Gasteiger partial charge in [-0.2, -0.15) is 0 Å². The van der Waals surface area contributed by atoms with Crippen LogP contribution in [0.1, 0.15) is 67.2 Å². The molecule has 38 heavy (non-hydrogen) atoms. The van der Waals surface area contributed by atoms with Gasteiger partial charge in [-0.3, -0.25) is 18.6 Å². The topological polar surface area (TPSA) is 132 Å². The third-order valence-electron chi connectivity index (χ3n) is 6.21. The maximum Gasteiger partial charge on any atom is 0.530 e. The Balaban J connectivity index is 1.70. The molecule has 0 amide bonds. The van der Waals surface area contributed by atoms with Crippen molar-refractivity contribution in [2.75, 3.05) is 6.56 Å². The van der Waals surface area contributed by atoms with Gasteiger partial charge in [0, 0.05) is 11.8 Å². The first-order chi connectivity index (χ1) is 18.1. The van der Waals surface area contributed by atoms with Crippen LogP contribution in [0, 0.1) is 10.5 Å². The zero-order valence-electron chi connectivity index (χ0n) is 23.6. The summed E-state index contributed by atoms with van der Waals surface area (Å²) < 4.78 is 82.7. The minimum Gasteiger partial charge on any atom is -0.403 e. The average molecular weight is 579 g/mol. The zero-order chi connectivity index (χ0) is 30.2. The van der Waals surface area contributed by atoms with Crippen LogP contribution in [0.2, 0.25) is 0 Å². The largest absolute Gasteiger partial charge is 0.530 e. The van der Waals surface area contributed by atoms with E-state index in [9.17, 15) is 19.6 Å². The van der Waals surface area contributed by atoms with Crippen LogP contribution in [0.4, 0.5) is 8.78 Å². The summed E-state index contributed by atoms with van der Waals surface area (Å²) in [5.74, 6) is -4.74. The van der Waals surface area contributed by atoms with Crippen LogP contribution in [-0.2, 0) is 35.8 Å². The number of aromatic amines is 1. The Kier molecular flexibility index (Phi) is 6.62. The minimum atomic E-state index is -5.03. The molecule has 1 aromatic heterocycles. The maximum atomic E-state index is 16.0. The molecule has 1 fully saturated rings. The number of aliphatic hydroxyl groups is 2. The van der Waals surface area contributed by atoms with E-state index in [0.29, 0.717) is 15.7 Å². The molecule has 0 radical (unpaired) electrons. The van der Waals surface area contributed by atoms with Gasteiger partial charge >= 0.3 is 13.5 Å². The van der Waals surface area contributed by atoms with Gasteiger partial charge < -0.3 is 19.5 Å². The van der Waals surface area contributed by atoms with E-state index >= 15 is 8.78 Å². The average Bonchev–Trinajstić information content (AvgIpc) is 3.02. The molecule has 14 heteroatoms. The maximum absolute atomic E-state index is 16.0. The van der Waals surface area contributed by atoms with Gasteiger partial charge in [-0.1, -0.05) is 53.8 Å². The molecule has 10 nitrogen and oxygen atoms in total. The molecular formula is C24H31F2N2O8PS. The lowest BCUT2D eigenvalue weighted by Crippen LogP contribution is -2.43. The molecule has 3 heterocycles. The molecule has 2 aliphatic heterocycles. The standard InChI is InChI=1S/C24H31F2N2O8PS/c1-22(2,3)13-9-14(23(4,5)6)18-12(16(13)25)10-33-37(32,36-18)34-11-24(26)19(30)17(29)20(35-24)28-8-7-15(38)27-21(28)31/h7-9,17,19-20,29-30H,10-11H2,1-6H3,(H,27,31,38)/t17-,19+,20-,24-,37?/m1/s1/i11D2. The molecule has 3 N–H and O–H groups in total. The molecule has 5 atom stereocenters. The molecule has 2 aliphatic rings. The minimum absolute atomic E-state index is 0.0186. The summed E-state index contributed by atoms with van der Waals surface area (Å²) in [6, 6.07) is 2.78. The lowest BCUT2D eigenvalue weighted by atomic mass is 9.78. The van der Waals surface area contributed by atoms with Gasteiger partial charge in [0.1, 0.15) is 35.0 Å².